The number of nitriles is 1. The molecule has 1 rings (SSSR count). The van der Waals surface area contributed by atoms with Gasteiger partial charge in [-0.2, -0.15) is 5.26 Å². The van der Waals surface area contributed by atoms with Gasteiger partial charge in [-0.1, -0.05) is 13.8 Å². The van der Waals surface area contributed by atoms with E-state index in [0.29, 0.717) is 31.2 Å². The van der Waals surface area contributed by atoms with E-state index in [1.807, 2.05) is 18.7 Å². The van der Waals surface area contributed by atoms with E-state index in [-0.39, 0.29) is 5.69 Å². The van der Waals surface area contributed by atoms with Crippen molar-refractivity contribution in [2.45, 2.75) is 27.2 Å². The molecule has 102 valence electrons. The maximum absolute atomic E-state index is 11.1. The lowest BCUT2D eigenvalue weighted by molar-refractivity contribution is -0.384. The van der Waals surface area contributed by atoms with Gasteiger partial charge in [0.25, 0.3) is 0 Å². The van der Waals surface area contributed by atoms with Crippen molar-refractivity contribution < 1.29 is 4.92 Å². The Hall–Kier alpha value is -2.16. The molecule has 0 saturated heterocycles. The van der Waals surface area contributed by atoms with Crippen molar-refractivity contribution in [3.63, 3.8) is 0 Å². The second kappa shape index (κ2) is 6.69. The smallest absolute Gasteiger partial charge is 0.311 e. The Morgan fingerprint density at radius 3 is 2.79 bits per heavy atom. The first-order valence-corrected chi connectivity index (χ1v) is 6.18. The zero-order valence-electron chi connectivity index (χ0n) is 11.5. The summed E-state index contributed by atoms with van der Waals surface area (Å²) in [6.45, 7) is 6.91. The van der Waals surface area contributed by atoms with Crippen molar-refractivity contribution >= 4 is 11.5 Å². The molecule has 0 spiro atoms. The normalized spacial score (nSPS) is 10.3. The molecule has 0 radical (unpaired) electrons. The number of hydrogen-bond acceptors (Lipinski definition) is 5. The summed E-state index contributed by atoms with van der Waals surface area (Å²) >= 11 is 0. The van der Waals surface area contributed by atoms with Crippen LogP contribution in [-0.2, 0) is 0 Å². The first kappa shape index (κ1) is 14.9. The molecule has 0 aliphatic carbocycles. The van der Waals surface area contributed by atoms with Gasteiger partial charge in [-0.3, -0.25) is 10.1 Å². The van der Waals surface area contributed by atoms with Crippen molar-refractivity contribution in [2.24, 2.45) is 5.92 Å². The van der Waals surface area contributed by atoms with E-state index in [9.17, 15) is 10.1 Å². The van der Waals surface area contributed by atoms with Crippen LogP contribution in [0.3, 0.4) is 0 Å². The molecule has 0 atom stereocenters. The Labute approximate surface area is 112 Å². The highest BCUT2D eigenvalue weighted by molar-refractivity contribution is 5.58. The third-order valence-electron chi connectivity index (χ3n) is 2.56. The summed E-state index contributed by atoms with van der Waals surface area (Å²) in [4.78, 5) is 16.7. The van der Waals surface area contributed by atoms with E-state index in [2.05, 4.69) is 11.1 Å². The van der Waals surface area contributed by atoms with Gasteiger partial charge >= 0.3 is 5.69 Å². The summed E-state index contributed by atoms with van der Waals surface area (Å²) in [6, 6.07) is 3.58. The average molecular weight is 262 g/mol. The van der Waals surface area contributed by atoms with Crippen LogP contribution >= 0.6 is 0 Å². The van der Waals surface area contributed by atoms with Crippen molar-refractivity contribution in [2.75, 3.05) is 18.0 Å². The summed E-state index contributed by atoms with van der Waals surface area (Å²) in [5, 5.41) is 19.8. The third kappa shape index (κ3) is 4.21. The first-order chi connectivity index (χ1) is 8.95. The number of rotatable bonds is 6. The van der Waals surface area contributed by atoms with Crippen LogP contribution in [0.15, 0.2) is 12.3 Å². The number of nitro groups is 1. The van der Waals surface area contributed by atoms with E-state index < -0.39 is 4.92 Å². The van der Waals surface area contributed by atoms with E-state index in [1.54, 1.807) is 13.1 Å². The van der Waals surface area contributed by atoms with Crippen LogP contribution in [-0.4, -0.2) is 23.0 Å². The van der Waals surface area contributed by atoms with Crippen LogP contribution < -0.4 is 4.90 Å². The number of pyridine rings is 1. The van der Waals surface area contributed by atoms with Crippen LogP contribution in [0, 0.1) is 34.3 Å². The Bertz CT molecular complexity index is 494. The summed E-state index contributed by atoms with van der Waals surface area (Å²) in [5.74, 6) is 0.681. The van der Waals surface area contributed by atoms with Gasteiger partial charge in [-0.05, 0) is 18.4 Å². The molecule has 1 heterocycles. The molecule has 0 fully saturated rings. The minimum Gasteiger partial charge on any atom is -0.350 e. The van der Waals surface area contributed by atoms with Crippen LogP contribution in [0.2, 0.25) is 0 Å². The molecule has 6 heteroatoms. The summed E-state index contributed by atoms with van der Waals surface area (Å²) < 4.78 is 0. The molecule has 0 saturated carbocycles. The number of aryl methyl sites for hydroxylation is 1. The zero-order chi connectivity index (χ0) is 14.4. The van der Waals surface area contributed by atoms with Crippen LogP contribution in [0.25, 0.3) is 0 Å². The lowest BCUT2D eigenvalue weighted by atomic mass is 10.2. The minimum absolute atomic E-state index is 0.00131. The highest BCUT2D eigenvalue weighted by atomic mass is 16.6. The van der Waals surface area contributed by atoms with Gasteiger partial charge in [-0.15, -0.1) is 0 Å². The molecule has 0 aliphatic heterocycles. The summed E-state index contributed by atoms with van der Waals surface area (Å²) in [7, 11) is 0. The fourth-order valence-electron chi connectivity index (χ4n) is 1.83. The Balaban J connectivity index is 3.13. The van der Waals surface area contributed by atoms with Gasteiger partial charge in [0.1, 0.15) is 0 Å². The van der Waals surface area contributed by atoms with Crippen LogP contribution in [0.4, 0.5) is 11.5 Å². The van der Waals surface area contributed by atoms with Crippen molar-refractivity contribution in [1.29, 1.82) is 5.26 Å². The SMILES string of the molecule is Cc1cnc(N(CCC#N)CC(C)C)c([N+](=O)[O-])c1. The Kier molecular flexibility index (Phi) is 5.24. The average Bonchev–Trinajstić information content (AvgIpc) is 2.34. The van der Waals surface area contributed by atoms with Gasteiger partial charge < -0.3 is 4.90 Å². The summed E-state index contributed by atoms with van der Waals surface area (Å²) in [5.41, 5.74) is 0.749. The lowest BCUT2D eigenvalue weighted by Crippen LogP contribution is -2.30. The molecule has 0 unspecified atom stereocenters. The summed E-state index contributed by atoms with van der Waals surface area (Å²) in [6.07, 6.45) is 1.93. The molecular formula is C13H18N4O2. The van der Waals surface area contributed by atoms with E-state index in [1.165, 1.54) is 6.07 Å². The largest absolute Gasteiger partial charge is 0.350 e. The monoisotopic (exact) mass is 262 g/mol. The maximum Gasteiger partial charge on any atom is 0.311 e. The predicted molar refractivity (Wildman–Crippen MR) is 72.9 cm³/mol. The van der Waals surface area contributed by atoms with Gasteiger partial charge in [0.2, 0.25) is 5.82 Å². The van der Waals surface area contributed by atoms with Crippen LogP contribution in [0.1, 0.15) is 25.8 Å². The van der Waals surface area contributed by atoms with Gasteiger partial charge in [0.05, 0.1) is 17.4 Å². The molecular weight excluding hydrogens is 244 g/mol. The minimum atomic E-state index is -0.422. The molecule has 19 heavy (non-hydrogen) atoms. The maximum atomic E-state index is 11.1. The number of hydrogen-bond donors (Lipinski definition) is 0. The van der Waals surface area contributed by atoms with E-state index in [0.717, 1.165) is 5.56 Å². The first-order valence-electron chi connectivity index (χ1n) is 6.18. The number of anilines is 1. The topological polar surface area (TPSA) is 83.1 Å². The highest BCUT2D eigenvalue weighted by Gasteiger charge is 2.21. The van der Waals surface area contributed by atoms with Crippen molar-refractivity contribution in [1.82, 2.24) is 4.98 Å². The van der Waals surface area contributed by atoms with Crippen molar-refractivity contribution in [3.8, 4) is 6.07 Å². The second-order valence-electron chi connectivity index (χ2n) is 4.86. The zero-order valence-corrected chi connectivity index (χ0v) is 11.5. The van der Waals surface area contributed by atoms with Gasteiger partial charge in [-0.25, -0.2) is 4.98 Å². The molecule has 1 aromatic heterocycles. The third-order valence-corrected chi connectivity index (χ3v) is 2.56. The molecule has 0 amide bonds. The molecule has 1 aromatic rings. The second-order valence-corrected chi connectivity index (χ2v) is 4.86. The molecule has 0 N–H and O–H groups in total. The Morgan fingerprint density at radius 1 is 1.58 bits per heavy atom. The number of nitrogens with zero attached hydrogens (tertiary/aromatic N) is 4. The quantitative estimate of drug-likeness (QED) is 0.581. The van der Waals surface area contributed by atoms with Crippen LogP contribution in [0.5, 0.6) is 0 Å². The van der Waals surface area contributed by atoms with Gasteiger partial charge in [0, 0.05) is 25.4 Å². The predicted octanol–water partition coefficient (Wildman–Crippen LogP) is 2.67. The highest BCUT2D eigenvalue weighted by Crippen LogP contribution is 2.27. The standard InChI is InChI=1S/C13H18N4O2/c1-10(2)9-16(6-4-5-14)13-12(17(18)19)7-11(3)8-15-13/h7-8,10H,4,6,9H2,1-3H3. The van der Waals surface area contributed by atoms with Crippen molar-refractivity contribution in [3.05, 3.63) is 27.9 Å². The molecule has 0 aliphatic rings. The molecule has 0 bridgehead atoms. The Morgan fingerprint density at radius 2 is 2.26 bits per heavy atom. The number of aromatic nitrogens is 1. The molecule has 0 aromatic carbocycles. The van der Waals surface area contributed by atoms with Gasteiger partial charge in [0.15, 0.2) is 0 Å². The fourth-order valence-corrected chi connectivity index (χ4v) is 1.83. The fraction of sp³-hybridized carbons (Fsp3) is 0.538. The van der Waals surface area contributed by atoms with E-state index >= 15 is 0 Å². The lowest BCUT2D eigenvalue weighted by Gasteiger charge is -2.24. The molecule has 6 nitrogen and oxygen atoms in total. The van der Waals surface area contributed by atoms with E-state index in [4.69, 9.17) is 5.26 Å².